The van der Waals surface area contributed by atoms with E-state index in [0.717, 1.165) is 21.8 Å². The quantitative estimate of drug-likeness (QED) is 0.621. The first-order valence-corrected chi connectivity index (χ1v) is 9.14. The van der Waals surface area contributed by atoms with Crippen molar-refractivity contribution in [3.63, 3.8) is 0 Å². The fourth-order valence-electron chi connectivity index (χ4n) is 2.35. The smallest absolute Gasteiger partial charge is 0.146 e. The van der Waals surface area contributed by atoms with Gasteiger partial charge in [0, 0.05) is 22.4 Å². The number of aryl methyl sites for hydroxylation is 1. The maximum absolute atomic E-state index is 10.8. The van der Waals surface area contributed by atoms with Crippen molar-refractivity contribution in [2.24, 2.45) is 0 Å². The molecule has 0 saturated carbocycles. The van der Waals surface area contributed by atoms with Crippen molar-refractivity contribution in [2.75, 3.05) is 5.75 Å². The molecule has 0 fully saturated rings. The summed E-state index contributed by atoms with van der Waals surface area (Å²) in [6, 6.07) is 9.65. The number of hydrogen-bond acceptors (Lipinski definition) is 4. The van der Waals surface area contributed by atoms with Crippen LogP contribution in [0.3, 0.4) is 0 Å². The SMILES string of the molecule is C=CCSc1cccnn(-c2cc(C)cc(C(C)(C)C)c2O)ncc1. The summed E-state index contributed by atoms with van der Waals surface area (Å²) in [7, 11) is 0. The molecule has 2 rings (SSSR count). The molecule has 5 heteroatoms. The zero-order valence-corrected chi connectivity index (χ0v) is 16.0. The fourth-order valence-corrected chi connectivity index (χ4v) is 3.00. The van der Waals surface area contributed by atoms with Crippen LogP contribution in [0.4, 0.5) is 0 Å². The van der Waals surface area contributed by atoms with E-state index in [9.17, 15) is 5.11 Å². The molecule has 2 aromatic rings. The van der Waals surface area contributed by atoms with E-state index in [1.54, 1.807) is 24.2 Å². The third-order valence-corrected chi connectivity index (χ3v) is 4.57. The van der Waals surface area contributed by atoms with Crippen molar-refractivity contribution in [1.29, 1.82) is 0 Å². The molecule has 25 heavy (non-hydrogen) atoms. The Morgan fingerprint density at radius 1 is 1.20 bits per heavy atom. The number of nitrogens with zero attached hydrogens (tertiary/aromatic N) is 3. The molecule has 0 atom stereocenters. The monoisotopic (exact) mass is 355 g/mol. The molecule has 0 spiro atoms. The van der Waals surface area contributed by atoms with Crippen molar-refractivity contribution in [1.82, 2.24) is 15.0 Å². The second-order valence-corrected chi connectivity index (χ2v) is 7.87. The van der Waals surface area contributed by atoms with Crippen LogP contribution < -0.4 is 0 Å². The molecule has 1 heterocycles. The largest absolute Gasteiger partial charge is 0.505 e. The summed E-state index contributed by atoms with van der Waals surface area (Å²) in [5.74, 6) is 1.04. The van der Waals surface area contributed by atoms with Gasteiger partial charge in [-0.05, 0) is 42.2 Å². The molecule has 0 aliphatic carbocycles. The second kappa shape index (κ2) is 8.21. The van der Waals surface area contributed by atoms with Gasteiger partial charge in [-0.25, -0.2) is 0 Å². The van der Waals surface area contributed by atoms with Crippen LogP contribution in [0.1, 0.15) is 31.9 Å². The minimum atomic E-state index is -0.174. The lowest BCUT2D eigenvalue weighted by molar-refractivity contribution is 0.439. The molecule has 0 amide bonds. The molecule has 0 aliphatic rings. The number of rotatable bonds is 4. The zero-order chi connectivity index (χ0) is 18.4. The first-order valence-electron chi connectivity index (χ1n) is 8.15. The topological polar surface area (TPSA) is 50.9 Å². The van der Waals surface area contributed by atoms with Crippen LogP contribution in [-0.2, 0) is 5.41 Å². The molecule has 0 radical (unpaired) electrons. The van der Waals surface area contributed by atoms with Crippen molar-refractivity contribution in [3.8, 4) is 11.4 Å². The summed E-state index contributed by atoms with van der Waals surface area (Å²) in [5, 5.41) is 19.5. The molecule has 1 N–H and O–H groups in total. The van der Waals surface area contributed by atoms with Crippen LogP contribution in [0, 0.1) is 6.92 Å². The van der Waals surface area contributed by atoms with Gasteiger partial charge in [0.25, 0.3) is 0 Å². The van der Waals surface area contributed by atoms with Crippen LogP contribution in [0.15, 0.2) is 60.3 Å². The lowest BCUT2D eigenvalue weighted by atomic mass is 9.85. The highest BCUT2D eigenvalue weighted by molar-refractivity contribution is 7.99. The summed E-state index contributed by atoms with van der Waals surface area (Å²) in [5.41, 5.74) is 2.32. The Morgan fingerprint density at radius 3 is 2.60 bits per heavy atom. The van der Waals surface area contributed by atoms with E-state index in [4.69, 9.17) is 0 Å². The Kier molecular flexibility index (Phi) is 6.26. The molecular weight excluding hydrogens is 330 g/mol. The summed E-state index contributed by atoms with van der Waals surface area (Å²) in [4.78, 5) is 2.53. The highest BCUT2D eigenvalue weighted by atomic mass is 32.2. The molecule has 0 aliphatic heterocycles. The van der Waals surface area contributed by atoms with Gasteiger partial charge in [0.15, 0.2) is 0 Å². The van der Waals surface area contributed by atoms with Crippen LogP contribution in [0.25, 0.3) is 5.69 Å². The Morgan fingerprint density at radius 2 is 1.92 bits per heavy atom. The van der Waals surface area contributed by atoms with Gasteiger partial charge in [-0.15, -0.1) is 23.1 Å². The van der Waals surface area contributed by atoms with Crippen LogP contribution in [0.5, 0.6) is 5.75 Å². The number of phenols is 1. The van der Waals surface area contributed by atoms with Crippen LogP contribution in [0.2, 0.25) is 0 Å². The van der Waals surface area contributed by atoms with Crippen LogP contribution in [-0.4, -0.2) is 25.9 Å². The van der Waals surface area contributed by atoms with Gasteiger partial charge in [-0.3, -0.25) is 0 Å². The third kappa shape index (κ3) is 5.10. The first-order chi connectivity index (χ1) is 11.8. The number of phenolic OH excluding ortho intramolecular Hbond substituents is 1. The lowest BCUT2D eigenvalue weighted by Crippen LogP contribution is -2.14. The van der Waals surface area contributed by atoms with E-state index in [1.165, 1.54) is 4.80 Å². The Labute approximate surface area is 153 Å². The predicted molar refractivity (Wildman–Crippen MR) is 105 cm³/mol. The van der Waals surface area contributed by atoms with E-state index in [2.05, 4.69) is 37.5 Å². The highest BCUT2D eigenvalue weighted by Gasteiger charge is 2.21. The zero-order valence-electron chi connectivity index (χ0n) is 15.2. The Hall–Kier alpha value is -2.27. The molecule has 0 unspecified atom stereocenters. The molecular formula is C20H25N3OS. The van der Waals surface area contributed by atoms with E-state index < -0.39 is 0 Å². The van der Waals surface area contributed by atoms with E-state index in [1.807, 2.05) is 43.3 Å². The molecule has 0 bridgehead atoms. The van der Waals surface area contributed by atoms with Gasteiger partial charge in [0.2, 0.25) is 0 Å². The van der Waals surface area contributed by atoms with Crippen molar-refractivity contribution in [3.05, 3.63) is 66.5 Å². The van der Waals surface area contributed by atoms with Crippen molar-refractivity contribution in [2.45, 2.75) is 38.0 Å². The molecule has 0 saturated heterocycles. The number of aromatic hydroxyl groups is 1. The number of thioether (sulfide) groups is 1. The fraction of sp³-hybridized carbons (Fsp3) is 0.300. The third-order valence-electron chi connectivity index (χ3n) is 3.56. The minimum Gasteiger partial charge on any atom is -0.505 e. The summed E-state index contributed by atoms with van der Waals surface area (Å²) in [6.07, 6.45) is 5.22. The number of benzene rings is 1. The number of hydrogen-bond donors (Lipinski definition) is 1. The lowest BCUT2D eigenvalue weighted by Gasteiger charge is -2.22. The van der Waals surface area contributed by atoms with Crippen molar-refractivity contribution < 1.29 is 5.11 Å². The minimum absolute atomic E-state index is 0.174. The van der Waals surface area contributed by atoms with Gasteiger partial charge in [-0.2, -0.15) is 10.2 Å². The normalized spacial score (nSPS) is 11.0. The van der Waals surface area contributed by atoms with E-state index in [-0.39, 0.29) is 11.2 Å². The Bertz CT molecular complexity index is 805. The highest BCUT2D eigenvalue weighted by Crippen LogP contribution is 2.35. The summed E-state index contributed by atoms with van der Waals surface area (Å²) >= 11 is 1.67. The first kappa shape index (κ1) is 19.1. The van der Waals surface area contributed by atoms with E-state index >= 15 is 0 Å². The summed E-state index contributed by atoms with van der Waals surface area (Å²) < 4.78 is 0. The van der Waals surface area contributed by atoms with Crippen LogP contribution >= 0.6 is 11.8 Å². The van der Waals surface area contributed by atoms with E-state index in [0.29, 0.717) is 5.69 Å². The molecule has 1 aromatic carbocycles. The predicted octanol–water partition coefficient (Wildman–Crippen LogP) is 4.98. The maximum Gasteiger partial charge on any atom is 0.146 e. The second-order valence-electron chi connectivity index (χ2n) is 6.78. The molecule has 1 aromatic heterocycles. The average molecular weight is 356 g/mol. The maximum atomic E-state index is 10.8. The van der Waals surface area contributed by atoms with Gasteiger partial charge < -0.3 is 5.11 Å². The standard InChI is InChI=1S/C20H25N3OS/c1-6-12-25-16-8-7-10-21-23(22-11-9-16)18-14-15(2)13-17(19(18)24)20(3,4)5/h6-11,13-14,24H,1,12H2,2-5H3. The number of aromatic nitrogens is 3. The molecule has 132 valence electrons. The molecule has 4 nitrogen and oxygen atoms in total. The Balaban J connectivity index is 2.56. The van der Waals surface area contributed by atoms with Crippen molar-refractivity contribution >= 4 is 11.8 Å². The average Bonchev–Trinajstić information content (AvgIpc) is 2.65. The van der Waals surface area contributed by atoms with Gasteiger partial charge in [0.1, 0.15) is 11.4 Å². The summed E-state index contributed by atoms with van der Waals surface area (Å²) in [6.45, 7) is 12.0. The van der Waals surface area contributed by atoms with Gasteiger partial charge in [0.05, 0.1) is 6.20 Å². The van der Waals surface area contributed by atoms with Gasteiger partial charge in [-0.1, -0.05) is 32.9 Å². The van der Waals surface area contributed by atoms with Gasteiger partial charge >= 0.3 is 0 Å².